The number of hydrogen-bond acceptors (Lipinski definition) is 2. The van der Waals surface area contributed by atoms with E-state index in [0.29, 0.717) is 0 Å². The van der Waals surface area contributed by atoms with E-state index in [9.17, 15) is 34.8 Å². The van der Waals surface area contributed by atoms with Gasteiger partial charge in [0.25, 0.3) is 9.84 Å². The third-order valence-electron chi connectivity index (χ3n) is 2.24. The molecule has 0 aliphatic carbocycles. The lowest BCUT2D eigenvalue weighted by Crippen LogP contribution is -2.31. The Labute approximate surface area is 110 Å². The summed E-state index contributed by atoms with van der Waals surface area (Å²) in [6.45, 7) is 0. The van der Waals surface area contributed by atoms with Crippen LogP contribution in [0.4, 0.5) is 26.3 Å². The summed E-state index contributed by atoms with van der Waals surface area (Å²) in [6.07, 6.45) is -6.16. The third-order valence-corrected chi connectivity index (χ3v) is 3.83. The minimum absolute atomic E-state index is 0.0259. The molecule has 0 fully saturated rings. The van der Waals surface area contributed by atoms with Crippen LogP contribution in [0.25, 0.3) is 0 Å². The normalized spacial score (nSPS) is 14.4. The molecule has 0 N–H and O–H groups in total. The number of alkyl halides is 6. The molecule has 0 aromatic heterocycles. The molecule has 0 aliphatic rings. The van der Waals surface area contributed by atoms with Gasteiger partial charge in [-0.15, -0.1) is 0 Å². The molecule has 1 aromatic rings. The van der Waals surface area contributed by atoms with Gasteiger partial charge in [0.2, 0.25) is 0 Å². The number of halogens is 6. The van der Waals surface area contributed by atoms with Crippen molar-refractivity contribution in [2.75, 3.05) is 0 Å². The van der Waals surface area contributed by atoms with E-state index in [1.54, 1.807) is 6.07 Å². The van der Waals surface area contributed by atoms with Crippen molar-refractivity contribution >= 4 is 9.84 Å². The van der Waals surface area contributed by atoms with Crippen LogP contribution >= 0.6 is 0 Å². The molecule has 0 amide bonds. The first kappa shape index (κ1) is 16.5. The first-order valence-electron chi connectivity index (χ1n) is 5.09. The van der Waals surface area contributed by atoms with Crippen molar-refractivity contribution in [3.8, 4) is 0 Å². The monoisotopic (exact) mass is 318 g/mol. The minimum Gasteiger partial charge on any atom is -0.214 e. The predicted octanol–water partition coefficient (Wildman–Crippen LogP) is 3.61. The maximum atomic E-state index is 12.5. The lowest BCUT2D eigenvalue weighted by molar-refractivity contribution is -0.0895. The van der Waals surface area contributed by atoms with Gasteiger partial charge in [0.05, 0.1) is 0 Å². The molecule has 0 saturated heterocycles. The molecule has 1 rings (SSSR count). The van der Waals surface area contributed by atoms with Gasteiger partial charge in [0, 0.05) is 0 Å². The Bertz CT molecular complexity index is 584. The van der Waals surface area contributed by atoms with Crippen LogP contribution in [0.15, 0.2) is 41.3 Å². The summed E-state index contributed by atoms with van der Waals surface area (Å²) in [6, 6.07) is 7.23. The van der Waals surface area contributed by atoms with Crippen LogP contribution in [-0.4, -0.2) is 20.1 Å². The Balaban J connectivity index is 3.23. The molecule has 0 heterocycles. The molecule has 0 radical (unpaired) electrons. The standard InChI is InChI=1S/C11H8F6O2S/c12-10(13,14)9(20(18,19)11(15,16)17)7-6-8-4-2-1-3-5-8/h1-5,7H,6H2/b9-7-. The summed E-state index contributed by atoms with van der Waals surface area (Å²) in [7, 11) is -6.43. The maximum absolute atomic E-state index is 12.5. The molecular weight excluding hydrogens is 310 g/mol. The van der Waals surface area contributed by atoms with Crippen molar-refractivity contribution in [1.29, 1.82) is 0 Å². The van der Waals surface area contributed by atoms with E-state index in [1.807, 2.05) is 0 Å². The first-order chi connectivity index (χ1) is 8.96. The van der Waals surface area contributed by atoms with E-state index in [1.165, 1.54) is 24.3 Å². The van der Waals surface area contributed by atoms with Crippen molar-refractivity contribution in [3.63, 3.8) is 0 Å². The Kier molecular flexibility index (Phi) is 4.52. The fraction of sp³-hybridized carbons (Fsp3) is 0.273. The quantitative estimate of drug-likeness (QED) is 0.798. The number of allylic oxidation sites excluding steroid dienone is 2. The SMILES string of the molecule is O=S(=O)(/C(=C\Cc1ccccc1)C(F)(F)F)C(F)(F)F. The highest BCUT2D eigenvalue weighted by atomic mass is 32.2. The van der Waals surface area contributed by atoms with Gasteiger partial charge >= 0.3 is 11.7 Å². The van der Waals surface area contributed by atoms with E-state index in [-0.39, 0.29) is 11.6 Å². The van der Waals surface area contributed by atoms with Crippen LogP contribution < -0.4 is 0 Å². The highest BCUT2D eigenvalue weighted by Crippen LogP contribution is 2.38. The van der Waals surface area contributed by atoms with E-state index in [4.69, 9.17) is 0 Å². The second-order valence-electron chi connectivity index (χ2n) is 3.71. The van der Waals surface area contributed by atoms with Crippen molar-refractivity contribution in [1.82, 2.24) is 0 Å². The topological polar surface area (TPSA) is 34.1 Å². The average molecular weight is 318 g/mol. The second kappa shape index (κ2) is 5.47. The fourth-order valence-electron chi connectivity index (χ4n) is 1.33. The molecule has 9 heteroatoms. The van der Waals surface area contributed by atoms with Gasteiger partial charge in [0.15, 0.2) is 4.91 Å². The van der Waals surface area contributed by atoms with E-state index in [2.05, 4.69) is 0 Å². The van der Waals surface area contributed by atoms with Crippen LogP contribution in [0.1, 0.15) is 5.56 Å². The molecule has 0 saturated carbocycles. The minimum atomic E-state index is -6.43. The molecule has 0 spiro atoms. The highest BCUT2D eigenvalue weighted by molar-refractivity contribution is 7.96. The van der Waals surface area contributed by atoms with Gasteiger partial charge in [-0.25, -0.2) is 8.42 Å². The molecule has 0 unspecified atom stereocenters. The summed E-state index contributed by atoms with van der Waals surface area (Å²) >= 11 is 0. The van der Waals surface area contributed by atoms with Crippen LogP contribution in [0.3, 0.4) is 0 Å². The Hall–Kier alpha value is -1.51. The summed E-state index contributed by atoms with van der Waals surface area (Å²) in [5, 5.41) is 0. The first-order valence-corrected chi connectivity index (χ1v) is 6.57. The van der Waals surface area contributed by atoms with E-state index < -0.39 is 32.8 Å². The molecule has 0 bridgehead atoms. The number of hydrogen-bond donors (Lipinski definition) is 0. The number of sulfone groups is 1. The van der Waals surface area contributed by atoms with Crippen LogP contribution in [0.2, 0.25) is 0 Å². The van der Waals surface area contributed by atoms with Gasteiger partial charge < -0.3 is 0 Å². The largest absolute Gasteiger partial charge is 0.501 e. The van der Waals surface area contributed by atoms with Crippen molar-refractivity contribution in [3.05, 3.63) is 46.9 Å². The zero-order chi connectivity index (χ0) is 15.6. The van der Waals surface area contributed by atoms with Gasteiger partial charge in [-0.3, -0.25) is 0 Å². The highest BCUT2D eigenvalue weighted by Gasteiger charge is 2.56. The van der Waals surface area contributed by atoms with Crippen molar-refractivity contribution < 1.29 is 34.8 Å². The Morgan fingerprint density at radius 1 is 1.00 bits per heavy atom. The third kappa shape index (κ3) is 3.75. The molecule has 0 atom stereocenters. The second-order valence-corrected chi connectivity index (χ2v) is 5.61. The van der Waals surface area contributed by atoms with Crippen LogP contribution in [-0.2, 0) is 16.3 Å². The Morgan fingerprint density at radius 2 is 1.50 bits per heavy atom. The van der Waals surface area contributed by atoms with Crippen LogP contribution in [0, 0.1) is 0 Å². The van der Waals surface area contributed by atoms with Gasteiger partial charge in [-0.2, -0.15) is 26.3 Å². The predicted molar refractivity (Wildman–Crippen MR) is 59.3 cm³/mol. The molecule has 0 aliphatic heterocycles. The molecule has 2 nitrogen and oxygen atoms in total. The lowest BCUT2D eigenvalue weighted by atomic mass is 10.1. The zero-order valence-corrected chi connectivity index (χ0v) is 10.5. The smallest absolute Gasteiger partial charge is 0.214 e. The fourth-order valence-corrected chi connectivity index (χ4v) is 2.18. The average Bonchev–Trinajstić information content (AvgIpc) is 2.27. The summed E-state index contributed by atoms with van der Waals surface area (Å²) < 4.78 is 96.0. The summed E-state index contributed by atoms with van der Waals surface area (Å²) in [5.74, 6) is 0. The van der Waals surface area contributed by atoms with E-state index >= 15 is 0 Å². The van der Waals surface area contributed by atoms with Crippen LogP contribution in [0.5, 0.6) is 0 Å². The number of rotatable bonds is 3. The molecule has 1 aromatic carbocycles. The molecular formula is C11H8F6O2S. The van der Waals surface area contributed by atoms with Crippen molar-refractivity contribution in [2.45, 2.75) is 18.1 Å². The van der Waals surface area contributed by atoms with Gasteiger partial charge in [-0.1, -0.05) is 36.4 Å². The molecule has 20 heavy (non-hydrogen) atoms. The zero-order valence-electron chi connectivity index (χ0n) is 9.66. The summed E-state index contributed by atoms with van der Waals surface area (Å²) in [4.78, 5) is -2.60. The lowest BCUT2D eigenvalue weighted by Gasteiger charge is -2.14. The van der Waals surface area contributed by atoms with Gasteiger partial charge in [-0.05, 0) is 12.0 Å². The molecule has 112 valence electrons. The van der Waals surface area contributed by atoms with Gasteiger partial charge in [0.1, 0.15) is 0 Å². The maximum Gasteiger partial charge on any atom is 0.501 e. The van der Waals surface area contributed by atoms with E-state index in [0.717, 1.165) is 0 Å². The number of benzene rings is 1. The summed E-state index contributed by atoms with van der Waals surface area (Å²) in [5.41, 5.74) is -5.74. The van der Waals surface area contributed by atoms with Crippen molar-refractivity contribution in [2.24, 2.45) is 0 Å². The Morgan fingerprint density at radius 3 is 1.90 bits per heavy atom.